The minimum atomic E-state index is 0.184. The van der Waals surface area contributed by atoms with Gasteiger partial charge in [0.05, 0.1) is 0 Å². The van der Waals surface area contributed by atoms with E-state index in [1.54, 1.807) is 5.57 Å². The Morgan fingerprint density at radius 2 is 1.17 bits per heavy atom. The summed E-state index contributed by atoms with van der Waals surface area (Å²) in [6, 6.07) is 33.6. The molecule has 0 heterocycles. The average Bonchev–Trinajstić information content (AvgIpc) is 2.95. The molecule has 0 nitrogen and oxygen atoms in total. The van der Waals surface area contributed by atoms with Crippen molar-refractivity contribution >= 4 is 5.57 Å². The summed E-state index contributed by atoms with van der Waals surface area (Å²) < 4.78 is 0. The van der Waals surface area contributed by atoms with Gasteiger partial charge in [0.25, 0.3) is 0 Å². The first-order chi connectivity index (χ1) is 14.0. The van der Waals surface area contributed by atoms with Gasteiger partial charge in [0.15, 0.2) is 0 Å². The van der Waals surface area contributed by atoms with Crippen LogP contribution in [-0.4, -0.2) is 0 Å². The lowest BCUT2D eigenvalue weighted by Gasteiger charge is -2.29. The molecular weight excluding hydrogens is 348 g/mol. The minimum Gasteiger partial charge on any atom is -0.0622 e. The lowest BCUT2D eigenvalue weighted by atomic mass is 9.74. The van der Waals surface area contributed by atoms with Crippen LogP contribution in [-0.2, 0) is 5.41 Å². The Balaban J connectivity index is 1.72. The van der Waals surface area contributed by atoms with Gasteiger partial charge in [0.1, 0.15) is 0 Å². The Morgan fingerprint density at radius 3 is 1.62 bits per heavy atom. The largest absolute Gasteiger partial charge is 0.0622 e. The molecule has 4 atom stereocenters. The molecule has 4 aliphatic carbocycles. The zero-order valence-corrected chi connectivity index (χ0v) is 17.5. The monoisotopic (exact) mass is 376 g/mol. The molecule has 0 heteroatoms. The van der Waals surface area contributed by atoms with E-state index in [1.807, 2.05) is 0 Å². The first kappa shape index (κ1) is 17.3. The van der Waals surface area contributed by atoms with Crippen LogP contribution in [0.4, 0.5) is 0 Å². The Hall–Kier alpha value is -2.60. The van der Waals surface area contributed by atoms with Gasteiger partial charge in [-0.25, -0.2) is 0 Å². The summed E-state index contributed by atoms with van der Waals surface area (Å²) >= 11 is 0. The summed E-state index contributed by atoms with van der Waals surface area (Å²) in [6.07, 6.45) is 1.33. The summed E-state index contributed by atoms with van der Waals surface area (Å²) in [5.74, 6) is 1.41. The second kappa shape index (κ2) is 5.51. The molecule has 29 heavy (non-hydrogen) atoms. The molecule has 0 aromatic heterocycles. The van der Waals surface area contributed by atoms with Gasteiger partial charge in [-0.05, 0) is 56.9 Å². The van der Waals surface area contributed by atoms with Gasteiger partial charge in [0, 0.05) is 5.41 Å². The maximum atomic E-state index is 2.57. The summed E-state index contributed by atoms with van der Waals surface area (Å²) in [6.45, 7) is 7.64. The maximum absolute atomic E-state index is 2.57. The molecule has 0 saturated heterocycles. The summed E-state index contributed by atoms with van der Waals surface area (Å²) in [4.78, 5) is 0. The Bertz CT molecular complexity index is 1060. The predicted molar refractivity (Wildman–Crippen MR) is 121 cm³/mol. The molecule has 4 bridgehead atoms. The van der Waals surface area contributed by atoms with Crippen LogP contribution in [0, 0.1) is 22.7 Å². The third-order valence-electron chi connectivity index (χ3n) is 9.03. The first-order valence-corrected chi connectivity index (χ1v) is 11.0. The van der Waals surface area contributed by atoms with Crippen LogP contribution in [0.3, 0.4) is 0 Å². The minimum absolute atomic E-state index is 0.184. The maximum Gasteiger partial charge on any atom is 0.0270 e. The molecule has 0 amide bonds. The highest BCUT2D eigenvalue weighted by molar-refractivity contribution is 5.88. The fourth-order valence-electron chi connectivity index (χ4n) is 7.61. The SMILES string of the molecule is CC1(C)[C@H]2C[C@@H]3[C@@](c4ccccc4)(C2=C(c2ccccc2)c2ccccc2)[C@@]31C. The normalized spacial score (nSPS) is 33.0. The van der Waals surface area contributed by atoms with Crippen molar-refractivity contribution < 1.29 is 0 Å². The van der Waals surface area contributed by atoms with Gasteiger partial charge in [-0.3, -0.25) is 0 Å². The molecule has 4 saturated carbocycles. The van der Waals surface area contributed by atoms with Crippen molar-refractivity contribution in [3.63, 3.8) is 0 Å². The van der Waals surface area contributed by atoms with Crippen LogP contribution in [0.1, 0.15) is 43.9 Å². The third-order valence-corrected chi connectivity index (χ3v) is 9.03. The second-order valence-electron chi connectivity index (χ2n) is 9.96. The van der Waals surface area contributed by atoms with E-state index in [9.17, 15) is 0 Å². The fourth-order valence-corrected chi connectivity index (χ4v) is 7.61. The predicted octanol–water partition coefficient (Wildman–Crippen LogP) is 7.12. The molecule has 144 valence electrons. The number of rotatable bonds is 3. The number of benzene rings is 3. The number of allylic oxidation sites excluding steroid dienone is 1. The van der Waals surface area contributed by atoms with Gasteiger partial charge >= 0.3 is 0 Å². The van der Waals surface area contributed by atoms with E-state index < -0.39 is 0 Å². The fraction of sp³-hybridized carbons (Fsp3) is 0.310. The Labute approximate surface area is 174 Å². The molecule has 3 aromatic carbocycles. The molecular formula is C29H28. The molecule has 4 aliphatic rings. The zero-order valence-electron chi connectivity index (χ0n) is 17.5. The van der Waals surface area contributed by atoms with Crippen LogP contribution >= 0.6 is 0 Å². The van der Waals surface area contributed by atoms with Crippen molar-refractivity contribution in [3.05, 3.63) is 113 Å². The van der Waals surface area contributed by atoms with E-state index in [-0.39, 0.29) is 5.41 Å². The molecule has 0 radical (unpaired) electrons. The van der Waals surface area contributed by atoms with E-state index in [2.05, 4.69) is 112 Å². The van der Waals surface area contributed by atoms with Crippen molar-refractivity contribution in [1.29, 1.82) is 0 Å². The van der Waals surface area contributed by atoms with Crippen molar-refractivity contribution in [3.8, 4) is 0 Å². The molecule has 4 fully saturated rings. The molecule has 3 aromatic rings. The van der Waals surface area contributed by atoms with Crippen molar-refractivity contribution in [1.82, 2.24) is 0 Å². The topological polar surface area (TPSA) is 0 Å². The van der Waals surface area contributed by atoms with Crippen LogP contribution in [0.5, 0.6) is 0 Å². The highest BCUT2D eigenvalue weighted by atomic mass is 14.9. The first-order valence-electron chi connectivity index (χ1n) is 11.0. The molecule has 0 spiro atoms. The lowest BCUT2D eigenvalue weighted by molar-refractivity contribution is 0.202. The van der Waals surface area contributed by atoms with Gasteiger partial charge in [0.2, 0.25) is 0 Å². The molecule has 0 aliphatic heterocycles. The van der Waals surface area contributed by atoms with Gasteiger partial charge < -0.3 is 0 Å². The van der Waals surface area contributed by atoms with E-state index in [4.69, 9.17) is 0 Å². The third kappa shape index (κ3) is 1.82. The smallest absolute Gasteiger partial charge is 0.0270 e. The van der Waals surface area contributed by atoms with E-state index in [1.165, 1.54) is 28.7 Å². The number of hydrogen-bond donors (Lipinski definition) is 0. The van der Waals surface area contributed by atoms with Crippen molar-refractivity contribution in [2.75, 3.05) is 0 Å². The van der Waals surface area contributed by atoms with E-state index in [0.29, 0.717) is 16.7 Å². The van der Waals surface area contributed by atoms with Crippen molar-refractivity contribution in [2.45, 2.75) is 32.6 Å². The summed E-state index contributed by atoms with van der Waals surface area (Å²) in [5.41, 5.74) is 8.29. The van der Waals surface area contributed by atoms with Crippen LogP contribution < -0.4 is 0 Å². The van der Waals surface area contributed by atoms with Gasteiger partial charge in [-0.1, -0.05) is 112 Å². The van der Waals surface area contributed by atoms with Gasteiger partial charge in [-0.2, -0.15) is 0 Å². The molecule has 0 unspecified atom stereocenters. The number of hydrogen-bond acceptors (Lipinski definition) is 0. The Morgan fingerprint density at radius 1 is 0.690 bits per heavy atom. The van der Waals surface area contributed by atoms with Crippen molar-refractivity contribution in [2.24, 2.45) is 22.7 Å². The zero-order chi connectivity index (χ0) is 19.9. The standard InChI is InChI=1S/C29H28/c1-27(2)23-19-24-28(27,3)29(24,22-17-11-6-12-18-22)26(23)25(20-13-7-4-8-14-20)21-15-9-5-10-16-21/h4-18,23-24H,19H2,1-3H3/t23-,24-,28-,29-/m0/s1. The second-order valence-corrected chi connectivity index (χ2v) is 9.96. The highest BCUT2D eigenvalue weighted by Gasteiger charge is 2.91. The summed E-state index contributed by atoms with van der Waals surface area (Å²) in [5, 5.41) is 0. The highest BCUT2D eigenvalue weighted by Crippen LogP contribution is 2.94. The quantitative estimate of drug-likeness (QED) is 0.456. The van der Waals surface area contributed by atoms with Crippen LogP contribution in [0.15, 0.2) is 96.6 Å². The molecule has 7 rings (SSSR count). The summed E-state index contributed by atoms with van der Waals surface area (Å²) in [7, 11) is 0. The molecule has 0 N–H and O–H groups in total. The van der Waals surface area contributed by atoms with E-state index >= 15 is 0 Å². The lowest BCUT2D eigenvalue weighted by Crippen LogP contribution is -2.24. The van der Waals surface area contributed by atoms with E-state index in [0.717, 1.165) is 5.92 Å². The Kier molecular flexibility index (Phi) is 3.28. The van der Waals surface area contributed by atoms with Crippen LogP contribution in [0.2, 0.25) is 0 Å². The van der Waals surface area contributed by atoms with Gasteiger partial charge in [-0.15, -0.1) is 0 Å². The average molecular weight is 377 g/mol. The van der Waals surface area contributed by atoms with Crippen LogP contribution in [0.25, 0.3) is 5.57 Å².